The maximum atomic E-state index is 11.7. The molecule has 0 aliphatic carbocycles. The summed E-state index contributed by atoms with van der Waals surface area (Å²) in [5, 5.41) is 0. The Balaban J connectivity index is 0.00000289. The van der Waals surface area contributed by atoms with Crippen molar-refractivity contribution in [1.29, 1.82) is 0 Å². The van der Waals surface area contributed by atoms with Crippen LogP contribution < -0.4 is 9.47 Å². The van der Waals surface area contributed by atoms with Crippen LogP contribution in [0.4, 0.5) is 0 Å². The first-order chi connectivity index (χ1) is 8.24. The molecule has 0 bridgehead atoms. The zero-order chi connectivity index (χ0) is 12.7. The van der Waals surface area contributed by atoms with Crippen molar-refractivity contribution in [3.8, 4) is 11.5 Å². The fourth-order valence-electron chi connectivity index (χ4n) is 1.45. The Morgan fingerprint density at radius 3 is 2.28 bits per heavy atom. The van der Waals surface area contributed by atoms with Crippen molar-refractivity contribution in [3.63, 3.8) is 0 Å². The van der Waals surface area contributed by atoms with Gasteiger partial charge in [-0.05, 0) is 32.9 Å². The van der Waals surface area contributed by atoms with Gasteiger partial charge in [0.15, 0.2) is 11.5 Å². The van der Waals surface area contributed by atoms with Crippen molar-refractivity contribution in [3.05, 3.63) is 23.8 Å². The highest BCUT2D eigenvalue weighted by Gasteiger charge is 2.17. The van der Waals surface area contributed by atoms with Crippen LogP contribution >= 0.6 is 0 Å². The van der Waals surface area contributed by atoms with Crippen molar-refractivity contribution in [2.45, 2.75) is 20.8 Å². The van der Waals surface area contributed by atoms with Crippen LogP contribution in [0.15, 0.2) is 18.2 Å². The predicted octanol–water partition coefficient (Wildman–Crippen LogP) is 2.28. The van der Waals surface area contributed by atoms with E-state index in [1.807, 2.05) is 13.8 Å². The van der Waals surface area contributed by atoms with Crippen molar-refractivity contribution in [1.82, 2.24) is 0 Å². The maximum absolute atomic E-state index is 11.7. The highest BCUT2D eigenvalue weighted by molar-refractivity contribution is 5.93. The fraction of sp³-hybridized carbons (Fsp3) is 0.462. The molecule has 5 heteroatoms. The van der Waals surface area contributed by atoms with Gasteiger partial charge in [0.2, 0.25) is 0 Å². The van der Waals surface area contributed by atoms with Gasteiger partial charge in [-0.2, -0.15) is 0 Å². The van der Waals surface area contributed by atoms with Crippen LogP contribution in [0.5, 0.6) is 11.5 Å². The Morgan fingerprint density at radius 1 is 1.06 bits per heavy atom. The molecule has 0 saturated heterocycles. The molecule has 3 radical (unpaired) electrons. The predicted molar refractivity (Wildman–Crippen MR) is 70.5 cm³/mol. The monoisotopic (exact) mass is 265 g/mol. The van der Waals surface area contributed by atoms with Crippen molar-refractivity contribution in [2.75, 3.05) is 19.8 Å². The smallest absolute Gasteiger partial charge is 0.342 e. The SMILES string of the molecule is CCOC(=O)c1cccc(OCC)c1OCC.[Al]. The summed E-state index contributed by atoms with van der Waals surface area (Å²) in [7, 11) is 0. The van der Waals surface area contributed by atoms with E-state index in [9.17, 15) is 4.79 Å². The van der Waals surface area contributed by atoms with Crippen molar-refractivity contribution in [2.24, 2.45) is 0 Å². The Bertz CT molecular complexity index is 379. The summed E-state index contributed by atoms with van der Waals surface area (Å²) in [5.41, 5.74) is 0.402. The van der Waals surface area contributed by atoms with Crippen LogP contribution in [-0.2, 0) is 4.74 Å². The molecule has 0 N–H and O–H groups in total. The second kappa shape index (κ2) is 8.85. The largest absolute Gasteiger partial charge is 0.490 e. The van der Waals surface area contributed by atoms with Gasteiger partial charge < -0.3 is 14.2 Å². The number of benzene rings is 1. The molecule has 0 aliphatic rings. The fourth-order valence-corrected chi connectivity index (χ4v) is 1.45. The van der Waals surface area contributed by atoms with E-state index in [0.717, 1.165) is 0 Å². The van der Waals surface area contributed by atoms with Crippen LogP contribution in [0.3, 0.4) is 0 Å². The van der Waals surface area contributed by atoms with Crippen LogP contribution in [-0.4, -0.2) is 43.2 Å². The number of para-hydroxylation sites is 1. The minimum absolute atomic E-state index is 0. The molecule has 18 heavy (non-hydrogen) atoms. The van der Waals surface area contributed by atoms with Gasteiger partial charge in [0.25, 0.3) is 0 Å². The number of hydrogen-bond donors (Lipinski definition) is 0. The first-order valence-electron chi connectivity index (χ1n) is 5.80. The molecule has 0 heterocycles. The third-order valence-electron chi connectivity index (χ3n) is 2.06. The minimum atomic E-state index is -0.391. The average molecular weight is 265 g/mol. The van der Waals surface area contributed by atoms with Crippen LogP contribution in [0.25, 0.3) is 0 Å². The third-order valence-corrected chi connectivity index (χ3v) is 2.06. The Morgan fingerprint density at radius 2 is 1.72 bits per heavy atom. The second-order valence-corrected chi connectivity index (χ2v) is 3.22. The summed E-state index contributed by atoms with van der Waals surface area (Å²) in [6.07, 6.45) is 0. The average Bonchev–Trinajstić information content (AvgIpc) is 2.32. The molecule has 97 valence electrons. The van der Waals surface area contributed by atoms with E-state index in [1.54, 1.807) is 25.1 Å². The normalized spacial score (nSPS) is 9.28. The molecule has 0 amide bonds. The maximum Gasteiger partial charge on any atom is 0.342 e. The van der Waals surface area contributed by atoms with Gasteiger partial charge in [0.05, 0.1) is 19.8 Å². The van der Waals surface area contributed by atoms with Crippen molar-refractivity contribution >= 4 is 23.3 Å². The minimum Gasteiger partial charge on any atom is -0.490 e. The van der Waals surface area contributed by atoms with E-state index < -0.39 is 5.97 Å². The number of ether oxygens (including phenoxy) is 3. The van der Waals surface area contributed by atoms with Crippen LogP contribution in [0, 0.1) is 0 Å². The standard InChI is InChI=1S/C13H18O4.Al/c1-4-15-11-9-7-8-10(12(11)16-5-2)13(14)17-6-3;/h7-9H,4-6H2,1-3H3;. The quantitative estimate of drug-likeness (QED) is 0.584. The summed E-state index contributed by atoms with van der Waals surface area (Å²) in [6.45, 7) is 6.83. The van der Waals surface area contributed by atoms with Gasteiger partial charge in [0.1, 0.15) is 5.56 Å². The number of carbonyl (C=O) groups excluding carboxylic acids is 1. The number of esters is 1. The van der Waals surface area contributed by atoms with Gasteiger partial charge in [-0.1, -0.05) is 6.07 Å². The highest BCUT2D eigenvalue weighted by atomic mass is 27.0. The van der Waals surface area contributed by atoms with Gasteiger partial charge >= 0.3 is 5.97 Å². The lowest BCUT2D eigenvalue weighted by Crippen LogP contribution is -2.09. The Hall–Kier alpha value is -1.18. The summed E-state index contributed by atoms with van der Waals surface area (Å²) in [4.78, 5) is 11.7. The molecule has 0 fully saturated rings. The molecule has 0 aliphatic heterocycles. The Labute approximate surface area is 118 Å². The lowest BCUT2D eigenvalue weighted by molar-refractivity contribution is 0.0521. The van der Waals surface area contributed by atoms with E-state index in [1.165, 1.54) is 0 Å². The second-order valence-electron chi connectivity index (χ2n) is 3.22. The highest BCUT2D eigenvalue weighted by Crippen LogP contribution is 2.31. The van der Waals surface area contributed by atoms with Gasteiger partial charge in [-0.15, -0.1) is 0 Å². The third kappa shape index (κ3) is 4.25. The molecule has 0 unspecified atom stereocenters. The van der Waals surface area contributed by atoms with Crippen molar-refractivity contribution < 1.29 is 19.0 Å². The summed E-state index contributed by atoms with van der Waals surface area (Å²) in [5.74, 6) is 0.632. The van der Waals surface area contributed by atoms with E-state index >= 15 is 0 Å². The van der Waals surface area contributed by atoms with Gasteiger partial charge in [0, 0.05) is 17.4 Å². The van der Waals surface area contributed by atoms with Crippen LogP contribution in [0.1, 0.15) is 31.1 Å². The van der Waals surface area contributed by atoms with E-state index in [2.05, 4.69) is 0 Å². The van der Waals surface area contributed by atoms with Gasteiger partial charge in [-0.25, -0.2) is 4.79 Å². The molecule has 0 atom stereocenters. The molecule has 0 saturated carbocycles. The summed E-state index contributed by atoms with van der Waals surface area (Å²) in [6, 6.07) is 5.20. The number of rotatable bonds is 6. The van der Waals surface area contributed by atoms with Crippen LogP contribution in [0.2, 0.25) is 0 Å². The summed E-state index contributed by atoms with van der Waals surface area (Å²) < 4.78 is 15.9. The molecule has 0 aromatic heterocycles. The first-order valence-corrected chi connectivity index (χ1v) is 5.80. The molecule has 1 aromatic rings. The number of carbonyl (C=O) groups is 1. The topological polar surface area (TPSA) is 44.8 Å². The molecule has 1 aromatic carbocycles. The number of hydrogen-bond acceptors (Lipinski definition) is 4. The summed E-state index contributed by atoms with van der Waals surface area (Å²) >= 11 is 0. The van der Waals surface area contributed by atoms with E-state index in [4.69, 9.17) is 14.2 Å². The lowest BCUT2D eigenvalue weighted by Gasteiger charge is -2.14. The zero-order valence-corrected chi connectivity index (χ0v) is 12.2. The molecule has 0 spiro atoms. The lowest BCUT2D eigenvalue weighted by atomic mass is 10.2. The molecule has 1 rings (SSSR count). The van der Waals surface area contributed by atoms with E-state index in [-0.39, 0.29) is 17.4 Å². The first kappa shape index (κ1) is 16.8. The van der Waals surface area contributed by atoms with E-state index in [0.29, 0.717) is 36.9 Å². The van der Waals surface area contributed by atoms with Gasteiger partial charge in [-0.3, -0.25) is 0 Å². The zero-order valence-electron chi connectivity index (χ0n) is 11.1. The Kier molecular flexibility index (Phi) is 8.27. The molecular formula is C13H18AlO4. The molecular weight excluding hydrogens is 247 g/mol. The molecule has 4 nitrogen and oxygen atoms in total.